The molecule has 2 rings (SSSR count). The van der Waals surface area contributed by atoms with Crippen molar-refractivity contribution in [2.24, 2.45) is 0 Å². The molecule has 0 radical (unpaired) electrons. The predicted molar refractivity (Wildman–Crippen MR) is 88.1 cm³/mol. The fourth-order valence-corrected chi connectivity index (χ4v) is 3.04. The lowest BCUT2D eigenvalue weighted by atomic mass is 10.2. The first-order valence-electron chi connectivity index (χ1n) is 6.67. The van der Waals surface area contributed by atoms with E-state index in [2.05, 4.69) is 5.32 Å². The third-order valence-corrected chi connectivity index (χ3v) is 4.60. The molecule has 0 unspecified atom stereocenters. The molecule has 0 heterocycles. The fourth-order valence-electron chi connectivity index (χ4n) is 1.90. The molecule has 1 atom stereocenters. The van der Waals surface area contributed by atoms with Crippen LogP contribution in [0.1, 0.15) is 10.4 Å². The SMILES string of the molecule is COc1cc(Cl)ccc1C(=O)NCC[S@@](=O)c1ccccc1. The third kappa shape index (κ3) is 4.32. The smallest absolute Gasteiger partial charge is 0.255 e. The lowest BCUT2D eigenvalue weighted by Crippen LogP contribution is -2.28. The van der Waals surface area contributed by atoms with E-state index in [1.54, 1.807) is 30.3 Å². The molecule has 22 heavy (non-hydrogen) atoms. The first-order chi connectivity index (χ1) is 10.6. The van der Waals surface area contributed by atoms with E-state index in [1.807, 2.05) is 18.2 Å². The summed E-state index contributed by atoms with van der Waals surface area (Å²) in [5.74, 6) is 0.485. The summed E-state index contributed by atoms with van der Waals surface area (Å²) in [6.45, 7) is 0.312. The molecule has 2 aromatic rings. The van der Waals surface area contributed by atoms with Crippen LogP contribution in [0.15, 0.2) is 53.4 Å². The van der Waals surface area contributed by atoms with E-state index < -0.39 is 10.8 Å². The molecule has 0 bridgehead atoms. The number of halogens is 1. The number of carbonyl (C=O) groups excluding carboxylic acids is 1. The van der Waals surface area contributed by atoms with Gasteiger partial charge in [-0.25, -0.2) is 0 Å². The van der Waals surface area contributed by atoms with E-state index in [9.17, 15) is 9.00 Å². The quantitative estimate of drug-likeness (QED) is 0.881. The Morgan fingerprint density at radius 1 is 1.23 bits per heavy atom. The maximum Gasteiger partial charge on any atom is 0.255 e. The van der Waals surface area contributed by atoms with Crippen molar-refractivity contribution in [2.75, 3.05) is 19.4 Å². The van der Waals surface area contributed by atoms with Crippen LogP contribution in [0, 0.1) is 0 Å². The zero-order valence-corrected chi connectivity index (χ0v) is 13.6. The van der Waals surface area contributed by atoms with E-state index >= 15 is 0 Å². The number of rotatable bonds is 6. The first kappa shape index (κ1) is 16.5. The van der Waals surface area contributed by atoms with Crippen molar-refractivity contribution in [3.63, 3.8) is 0 Å². The van der Waals surface area contributed by atoms with Gasteiger partial charge >= 0.3 is 0 Å². The molecular formula is C16H16ClNO3S. The summed E-state index contributed by atoms with van der Waals surface area (Å²) >= 11 is 5.86. The second-order valence-corrected chi connectivity index (χ2v) is 6.47. The van der Waals surface area contributed by atoms with Crippen molar-refractivity contribution >= 4 is 28.3 Å². The molecule has 0 aliphatic carbocycles. The van der Waals surface area contributed by atoms with Crippen molar-refractivity contribution in [1.82, 2.24) is 5.32 Å². The van der Waals surface area contributed by atoms with E-state index in [0.717, 1.165) is 4.90 Å². The van der Waals surface area contributed by atoms with Gasteiger partial charge in [-0.1, -0.05) is 29.8 Å². The van der Waals surface area contributed by atoms with E-state index in [1.165, 1.54) is 7.11 Å². The van der Waals surface area contributed by atoms with Crippen molar-refractivity contribution in [3.05, 3.63) is 59.1 Å². The van der Waals surface area contributed by atoms with Gasteiger partial charge in [0.2, 0.25) is 0 Å². The first-order valence-corrected chi connectivity index (χ1v) is 8.36. The van der Waals surface area contributed by atoms with Crippen LogP contribution in [0.5, 0.6) is 5.75 Å². The van der Waals surface area contributed by atoms with Crippen LogP contribution in [-0.4, -0.2) is 29.5 Å². The molecule has 0 saturated carbocycles. The van der Waals surface area contributed by atoms with Gasteiger partial charge in [-0.3, -0.25) is 9.00 Å². The number of ether oxygens (including phenoxy) is 1. The molecule has 0 aromatic heterocycles. The largest absolute Gasteiger partial charge is 0.496 e. The Labute approximate surface area is 136 Å². The van der Waals surface area contributed by atoms with Crippen LogP contribution in [0.2, 0.25) is 5.02 Å². The Morgan fingerprint density at radius 3 is 2.64 bits per heavy atom. The highest BCUT2D eigenvalue weighted by molar-refractivity contribution is 7.85. The minimum Gasteiger partial charge on any atom is -0.496 e. The highest BCUT2D eigenvalue weighted by Gasteiger charge is 2.12. The van der Waals surface area contributed by atoms with Crippen LogP contribution >= 0.6 is 11.6 Å². The average molecular weight is 338 g/mol. The Kier molecular flexibility index (Phi) is 5.98. The van der Waals surface area contributed by atoms with Crippen molar-refractivity contribution in [1.29, 1.82) is 0 Å². The minimum atomic E-state index is -1.13. The van der Waals surface area contributed by atoms with Gasteiger partial charge in [-0.05, 0) is 30.3 Å². The number of hydrogen-bond donors (Lipinski definition) is 1. The van der Waals surface area contributed by atoms with Crippen LogP contribution < -0.4 is 10.1 Å². The highest BCUT2D eigenvalue weighted by atomic mass is 35.5. The second-order valence-electron chi connectivity index (χ2n) is 4.46. The molecule has 116 valence electrons. The average Bonchev–Trinajstić information content (AvgIpc) is 2.55. The fraction of sp³-hybridized carbons (Fsp3) is 0.188. The Hall–Kier alpha value is -1.85. The number of carbonyl (C=O) groups is 1. The van der Waals surface area contributed by atoms with Crippen molar-refractivity contribution < 1.29 is 13.7 Å². The summed E-state index contributed by atoms with van der Waals surface area (Å²) < 4.78 is 17.2. The van der Waals surface area contributed by atoms with Gasteiger partial charge in [0.1, 0.15) is 5.75 Å². The molecule has 6 heteroatoms. The number of benzene rings is 2. The number of amides is 1. The van der Waals surface area contributed by atoms with E-state index in [0.29, 0.717) is 28.6 Å². The van der Waals surface area contributed by atoms with Crippen LogP contribution in [0.4, 0.5) is 0 Å². The zero-order chi connectivity index (χ0) is 15.9. The molecular weight excluding hydrogens is 322 g/mol. The van der Waals surface area contributed by atoms with Gasteiger partial charge in [-0.15, -0.1) is 0 Å². The third-order valence-electron chi connectivity index (χ3n) is 2.99. The lowest BCUT2D eigenvalue weighted by molar-refractivity contribution is 0.0953. The second kappa shape index (κ2) is 7.96. The molecule has 0 saturated heterocycles. The maximum absolute atomic E-state index is 12.1. The van der Waals surface area contributed by atoms with E-state index in [4.69, 9.17) is 16.3 Å². The standard InChI is InChI=1S/C16H16ClNO3S/c1-21-15-11-12(17)7-8-14(15)16(19)18-9-10-22(20)13-5-3-2-4-6-13/h2-8,11H,9-10H2,1H3,(H,18,19)/t22-/m1/s1. The van der Waals surface area contributed by atoms with Gasteiger partial charge in [0.25, 0.3) is 5.91 Å². The van der Waals surface area contributed by atoms with Crippen LogP contribution in [0.25, 0.3) is 0 Å². The van der Waals surface area contributed by atoms with Crippen molar-refractivity contribution in [2.45, 2.75) is 4.90 Å². The Morgan fingerprint density at radius 2 is 1.95 bits per heavy atom. The predicted octanol–water partition coefficient (Wildman–Crippen LogP) is 2.89. The summed E-state index contributed by atoms with van der Waals surface area (Å²) in [5, 5.41) is 3.24. The number of nitrogens with one attached hydrogen (secondary N) is 1. The summed E-state index contributed by atoms with van der Waals surface area (Å²) in [6, 6.07) is 14.0. The minimum absolute atomic E-state index is 0.279. The maximum atomic E-state index is 12.1. The Balaban J connectivity index is 1.92. The summed E-state index contributed by atoms with van der Waals surface area (Å²) in [7, 11) is 0.345. The molecule has 0 aliphatic heterocycles. The molecule has 2 aromatic carbocycles. The molecule has 4 nitrogen and oxygen atoms in total. The Bertz CT molecular complexity index is 676. The van der Waals surface area contributed by atoms with Crippen LogP contribution in [-0.2, 0) is 10.8 Å². The summed E-state index contributed by atoms with van der Waals surface area (Å²) in [5.41, 5.74) is 0.400. The van der Waals surface area contributed by atoms with Gasteiger partial charge in [0, 0.05) is 22.2 Å². The molecule has 0 spiro atoms. The summed E-state index contributed by atoms with van der Waals surface area (Å²) in [4.78, 5) is 12.9. The molecule has 1 amide bonds. The zero-order valence-electron chi connectivity index (χ0n) is 12.0. The van der Waals surface area contributed by atoms with Gasteiger partial charge in [-0.2, -0.15) is 0 Å². The van der Waals surface area contributed by atoms with Crippen molar-refractivity contribution in [3.8, 4) is 5.75 Å². The lowest BCUT2D eigenvalue weighted by Gasteiger charge is -2.09. The molecule has 1 N–H and O–H groups in total. The molecule has 0 fully saturated rings. The summed E-state index contributed by atoms with van der Waals surface area (Å²) in [6.07, 6.45) is 0. The van der Waals surface area contributed by atoms with Crippen LogP contribution in [0.3, 0.4) is 0 Å². The molecule has 0 aliphatic rings. The monoisotopic (exact) mass is 337 g/mol. The van der Waals surface area contributed by atoms with Gasteiger partial charge in [0.05, 0.1) is 23.5 Å². The van der Waals surface area contributed by atoms with Gasteiger partial charge in [0.15, 0.2) is 0 Å². The topological polar surface area (TPSA) is 55.4 Å². The van der Waals surface area contributed by atoms with Gasteiger partial charge < -0.3 is 10.1 Å². The number of hydrogen-bond acceptors (Lipinski definition) is 3. The number of methoxy groups -OCH3 is 1. The highest BCUT2D eigenvalue weighted by Crippen LogP contribution is 2.22. The van der Waals surface area contributed by atoms with E-state index in [-0.39, 0.29) is 5.91 Å². The normalized spacial score (nSPS) is 11.7.